The highest BCUT2D eigenvalue weighted by atomic mass is 19.4. The third-order valence-electron chi connectivity index (χ3n) is 7.12. The second-order valence-electron chi connectivity index (χ2n) is 9.68. The number of halogens is 3. The molecule has 1 N–H and O–H groups in total. The average Bonchev–Trinajstić information content (AvgIpc) is 3.69. The molecule has 3 amide bonds. The molecule has 2 aliphatic heterocycles. The van der Waals surface area contributed by atoms with Gasteiger partial charge in [0.15, 0.2) is 0 Å². The lowest BCUT2D eigenvalue weighted by atomic mass is 9.90. The summed E-state index contributed by atoms with van der Waals surface area (Å²) >= 11 is 0. The Kier molecular flexibility index (Phi) is 7.82. The van der Waals surface area contributed by atoms with Crippen molar-refractivity contribution < 1.29 is 32.3 Å². The van der Waals surface area contributed by atoms with Gasteiger partial charge in [-0.2, -0.15) is 13.2 Å². The van der Waals surface area contributed by atoms with Gasteiger partial charge in [0.1, 0.15) is 0 Å². The van der Waals surface area contributed by atoms with Crippen molar-refractivity contribution in [2.45, 2.75) is 51.9 Å². The van der Waals surface area contributed by atoms with Crippen molar-refractivity contribution in [1.29, 1.82) is 0 Å². The number of urea groups is 1. The molecule has 2 fully saturated rings. The Balaban J connectivity index is 1.72. The van der Waals surface area contributed by atoms with E-state index in [2.05, 4.69) is 5.32 Å². The molecule has 1 saturated heterocycles. The Morgan fingerprint density at radius 1 is 1.14 bits per heavy atom. The average molecular weight is 523 g/mol. The summed E-state index contributed by atoms with van der Waals surface area (Å²) in [6.45, 7) is 7.27. The predicted octanol–water partition coefficient (Wildman–Crippen LogP) is 3.55. The third-order valence-corrected chi connectivity index (χ3v) is 7.12. The van der Waals surface area contributed by atoms with E-state index in [1.165, 1.54) is 23.1 Å². The van der Waals surface area contributed by atoms with Gasteiger partial charge in [0.2, 0.25) is 5.91 Å². The fourth-order valence-corrected chi connectivity index (χ4v) is 5.18. The first-order valence-corrected chi connectivity index (χ1v) is 12.7. The van der Waals surface area contributed by atoms with Crippen molar-refractivity contribution in [3.05, 3.63) is 46.7 Å². The lowest BCUT2D eigenvalue weighted by Gasteiger charge is -2.43. The molecule has 8 nitrogen and oxygen atoms in total. The number of benzene rings is 1. The van der Waals surface area contributed by atoms with Crippen LogP contribution in [0, 0.1) is 5.92 Å². The van der Waals surface area contributed by atoms with Crippen LogP contribution in [0.2, 0.25) is 0 Å². The quantitative estimate of drug-likeness (QED) is 0.554. The van der Waals surface area contributed by atoms with Gasteiger partial charge >= 0.3 is 18.2 Å². The molecule has 1 aromatic carbocycles. The van der Waals surface area contributed by atoms with Crippen molar-refractivity contribution in [3.8, 4) is 0 Å². The van der Waals surface area contributed by atoms with Gasteiger partial charge in [-0.15, -0.1) is 0 Å². The molecule has 0 unspecified atom stereocenters. The van der Waals surface area contributed by atoms with Gasteiger partial charge in [-0.25, -0.2) is 9.59 Å². The van der Waals surface area contributed by atoms with E-state index in [0.717, 1.165) is 18.9 Å². The summed E-state index contributed by atoms with van der Waals surface area (Å²) in [5.41, 5.74) is -0.829. The number of alkyl halides is 3. The molecule has 0 spiro atoms. The normalized spacial score (nSPS) is 23.2. The zero-order valence-corrected chi connectivity index (χ0v) is 21.3. The van der Waals surface area contributed by atoms with Crippen LogP contribution in [0.4, 0.5) is 18.0 Å². The lowest BCUT2D eigenvalue weighted by Crippen LogP contribution is -2.56. The smallest absolute Gasteiger partial charge is 0.416 e. The fraction of sp³-hybridized carbons (Fsp3) is 0.577. The summed E-state index contributed by atoms with van der Waals surface area (Å²) in [5, 5.41) is 2.61. The Hall–Kier alpha value is -3.08. The van der Waals surface area contributed by atoms with Crippen LogP contribution in [0.15, 0.2) is 35.5 Å². The van der Waals surface area contributed by atoms with E-state index in [-0.39, 0.29) is 48.7 Å². The molecule has 0 radical (unpaired) electrons. The summed E-state index contributed by atoms with van der Waals surface area (Å²) in [5.74, 6) is -0.498. The number of nitrogens with one attached hydrogen (secondary N) is 1. The number of piperazine rings is 1. The van der Waals surface area contributed by atoms with Gasteiger partial charge in [-0.3, -0.25) is 14.6 Å². The maximum Gasteiger partial charge on any atom is 0.416 e. The number of amides is 3. The maximum absolute atomic E-state index is 13.9. The van der Waals surface area contributed by atoms with Gasteiger partial charge in [0.05, 0.1) is 23.8 Å². The second-order valence-corrected chi connectivity index (χ2v) is 9.68. The van der Waals surface area contributed by atoms with E-state index < -0.39 is 29.8 Å². The van der Waals surface area contributed by atoms with Crippen LogP contribution < -0.4 is 5.32 Å². The number of hydrogen-bond donors (Lipinski definition) is 1. The molecular weight excluding hydrogens is 489 g/mol. The maximum atomic E-state index is 13.9. The molecule has 11 heteroatoms. The Morgan fingerprint density at radius 2 is 1.84 bits per heavy atom. The largest absolute Gasteiger partial charge is 0.463 e. The number of carbonyl (C=O) groups is 3. The molecule has 3 aliphatic rings. The van der Waals surface area contributed by atoms with Gasteiger partial charge in [0, 0.05) is 50.4 Å². The van der Waals surface area contributed by atoms with Crippen molar-refractivity contribution in [1.82, 2.24) is 20.0 Å². The summed E-state index contributed by atoms with van der Waals surface area (Å²) in [6.07, 6.45) is -2.84. The highest BCUT2D eigenvalue weighted by Crippen LogP contribution is 2.40. The van der Waals surface area contributed by atoms with Crippen molar-refractivity contribution in [3.63, 3.8) is 0 Å². The van der Waals surface area contributed by atoms with Crippen molar-refractivity contribution >= 4 is 17.9 Å². The molecule has 202 valence electrons. The van der Waals surface area contributed by atoms with E-state index in [4.69, 9.17) is 4.74 Å². The first-order valence-electron chi connectivity index (χ1n) is 12.7. The molecule has 37 heavy (non-hydrogen) atoms. The highest BCUT2D eigenvalue weighted by molar-refractivity contribution is 5.95. The number of ether oxygens (including phenoxy) is 1. The molecule has 1 aliphatic carbocycles. The fourth-order valence-electron chi connectivity index (χ4n) is 5.18. The first kappa shape index (κ1) is 27.0. The highest BCUT2D eigenvalue weighted by Gasteiger charge is 2.43. The zero-order chi connectivity index (χ0) is 26.9. The third kappa shape index (κ3) is 5.61. The molecule has 0 aromatic heterocycles. The number of nitrogens with zero attached hydrogens (tertiary/aromatic N) is 3. The predicted molar refractivity (Wildman–Crippen MR) is 129 cm³/mol. The van der Waals surface area contributed by atoms with Crippen LogP contribution in [-0.4, -0.2) is 78.0 Å². The number of carbonyl (C=O) groups excluding carboxylic acids is 3. The number of esters is 1. The molecular formula is C26H33F3N4O4. The monoisotopic (exact) mass is 522 g/mol. The molecule has 2 heterocycles. The Bertz CT molecular complexity index is 1090. The van der Waals surface area contributed by atoms with E-state index in [0.29, 0.717) is 25.3 Å². The molecule has 2 atom stereocenters. The number of rotatable bonds is 7. The molecule has 0 bridgehead atoms. The number of likely N-dealkylation sites (N-methyl/N-ethyl adjacent to an activating group) is 1. The Morgan fingerprint density at radius 3 is 2.43 bits per heavy atom. The van der Waals surface area contributed by atoms with E-state index in [1.54, 1.807) is 13.8 Å². The minimum Gasteiger partial charge on any atom is -0.463 e. The standard InChI is InChI=1S/C26H33F3N4O4/c1-4-32-20(15-31-12-13-33(16(3)14-31)23(34)17-10-11-17)21(24(35)37-5-2)22(30-25(32)36)18-8-6-7-9-19(18)26(27,28)29/h6-9,16-17,22H,4-5,10-15H2,1-3H3,(H,30,36)/t16-,22+/m1/s1. The minimum atomic E-state index is -4.68. The summed E-state index contributed by atoms with van der Waals surface area (Å²) in [7, 11) is 0. The zero-order valence-electron chi connectivity index (χ0n) is 21.3. The van der Waals surface area contributed by atoms with E-state index in [1.807, 2.05) is 16.7 Å². The van der Waals surface area contributed by atoms with Gasteiger partial charge in [-0.1, -0.05) is 18.2 Å². The van der Waals surface area contributed by atoms with Crippen LogP contribution in [-0.2, 0) is 20.5 Å². The van der Waals surface area contributed by atoms with Gasteiger partial charge in [0.25, 0.3) is 0 Å². The van der Waals surface area contributed by atoms with Crippen LogP contribution in [0.1, 0.15) is 50.8 Å². The van der Waals surface area contributed by atoms with Crippen molar-refractivity contribution in [2.75, 3.05) is 39.3 Å². The van der Waals surface area contributed by atoms with Crippen molar-refractivity contribution in [2.24, 2.45) is 5.92 Å². The first-order chi connectivity index (χ1) is 17.6. The SMILES string of the molecule is CCOC(=O)C1=C(CN2CCN(C(=O)C3CC3)[C@H](C)C2)N(CC)C(=O)N[C@H]1c1ccccc1C(F)(F)F. The minimum absolute atomic E-state index is 0.0101. The molecule has 4 rings (SSSR count). The van der Waals surface area contributed by atoms with Crippen LogP contribution in [0.25, 0.3) is 0 Å². The van der Waals surface area contributed by atoms with Crippen LogP contribution in [0.3, 0.4) is 0 Å². The molecule has 1 aromatic rings. The lowest BCUT2D eigenvalue weighted by molar-refractivity contribution is -0.141. The molecule has 1 saturated carbocycles. The Labute approximate surface area is 214 Å². The van der Waals surface area contributed by atoms with E-state index in [9.17, 15) is 27.6 Å². The summed E-state index contributed by atoms with van der Waals surface area (Å²) in [6, 6.07) is 2.96. The van der Waals surface area contributed by atoms with Crippen LogP contribution >= 0.6 is 0 Å². The summed E-state index contributed by atoms with van der Waals surface area (Å²) in [4.78, 5) is 44.3. The van der Waals surface area contributed by atoms with E-state index >= 15 is 0 Å². The van der Waals surface area contributed by atoms with Gasteiger partial charge in [-0.05, 0) is 45.2 Å². The van der Waals surface area contributed by atoms with Gasteiger partial charge < -0.3 is 15.0 Å². The second kappa shape index (κ2) is 10.7. The summed E-state index contributed by atoms with van der Waals surface area (Å²) < 4.78 is 47.0. The number of hydrogen-bond acceptors (Lipinski definition) is 5. The van der Waals surface area contributed by atoms with Crippen LogP contribution in [0.5, 0.6) is 0 Å². The topological polar surface area (TPSA) is 82.2 Å².